The number of halogens is 2. The summed E-state index contributed by atoms with van der Waals surface area (Å²) in [6.45, 7) is 4.43. The number of hydrogen-bond donors (Lipinski definition) is 0. The standard InChI is InChI=1S/C30H26N.2ClH.Ti/c1-30(2,31-24-16-7-4-8-17-24)28-20-12-11-19-26(28)29-25-18-10-9-15-23(25)21-27(29)22-13-5-3-6-14-22;;;/h3-21,29H,1-2H3;2*1H;/q-1;;;+2/p-2. The summed E-state index contributed by atoms with van der Waals surface area (Å²) in [5.74, 6) is 0.194. The quantitative estimate of drug-likeness (QED) is 0.233. The van der Waals surface area contributed by atoms with Crippen LogP contribution in [0.2, 0.25) is 0 Å². The molecule has 0 bridgehead atoms. The first-order valence-electron chi connectivity index (χ1n) is 11.2. The van der Waals surface area contributed by atoms with Gasteiger partial charge in [-0.15, -0.1) is 5.69 Å². The van der Waals surface area contributed by atoms with E-state index in [1.807, 2.05) is 18.2 Å². The third-order valence-corrected chi connectivity index (χ3v) is 6.13. The van der Waals surface area contributed by atoms with Gasteiger partial charge >= 0.3 is 35.6 Å². The van der Waals surface area contributed by atoms with Crippen molar-refractivity contribution in [2.45, 2.75) is 25.3 Å². The van der Waals surface area contributed by atoms with Crippen LogP contribution in [-0.4, -0.2) is 0 Å². The SMILES string of the molecule is CC(C)([N-]c1ccccc1)c1ccccc1C1C(c2ccccc2)=Cc2ccccc21.[Cl][Ti][Cl]. The number of rotatable bonds is 5. The average molecular weight is 519 g/mol. The second-order valence-electron chi connectivity index (χ2n) is 8.69. The normalized spacial score (nSPS) is 14.4. The molecule has 4 aromatic carbocycles. The molecule has 4 aromatic rings. The molecule has 0 radical (unpaired) electrons. The van der Waals surface area contributed by atoms with Gasteiger partial charge in [-0.1, -0.05) is 134 Å². The first-order valence-corrected chi connectivity index (χ1v) is 15.5. The van der Waals surface area contributed by atoms with Crippen LogP contribution >= 0.6 is 18.6 Å². The van der Waals surface area contributed by atoms with E-state index >= 15 is 0 Å². The minimum absolute atomic E-state index is 0.194. The van der Waals surface area contributed by atoms with Gasteiger partial charge in [-0.05, 0) is 33.9 Å². The molecule has 1 unspecified atom stereocenters. The van der Waals surface area contributed by atoms with Gasteiger partial charge in [-0.3, -0.25) is 0 Å². The molecule has 0 saturated carbocycles. The van der Waals surface area contributed by atoms with E-state index in [9.17, 15) is 0 Å². The number of para-hydroxylation sites is 1. The Bertz CT molecular complexity index is 1250. The molecule has 170 valence electrons. The van der Waals surface area contributed by atoms with Crippen LogP contribution in [0.1, 0.15) is 47.6 Å². The molecule has 0 aromatic heterocycles. The van der Waals surface area contributed by atoms with E-state index in [0.717, 1.165) is 5.69 Å². The van der Waals surface area contributed by atoms with Crippen molar-refractivity contribution in [1.29, 1.82) is 0 Å². The molecule has 0 spiro atoms. The summed E-state index contributed by atoms with van der Waals surface area (Å²) < 4.78 is 0. The van der Waals surface area contributed by atoms with E-state index in [1.54, 1.807) is 0 Å². The zero-order chi connectivity index (χ0) is 24.0. The van der Waals surface area contributed by atoms with Crippen molar-refractivity contribution >= 4 is 35.9 Å². The predicted octanol–water partition coefficient (Wildman–Crippen LogP) is 9.69. The number of fused-ring (bicyclic) bond motifs is 1. The first-order chi connectivity index (χ1) is 16.5. The van der Waals surface area contributed by atoms with Crippen LogP contribution in [0, 0.1) is 0 Å². The molecule has 1 aliphatic rings. The van der Waals surface area contributed by atoms with Crippen molar-refractivity contribution in [3.8, 4) is 0 Å². The zero-order valence-corrected chi connectivity index (χ0v) is 22.3. The van der Waals surface area contributed by atoms with Crippen LogP contribution in [0.15, 0.2) is 109 Å². The van der Waals surface area contributed by atoms with Crippen molar-refractivity contribution in [2.24, 2.45) is 0 Å². The van der Waals surface area contributed by atoms with E-state index in [1.165, 1.54) is 33.4 Å². The van der Waals surface area contributed by atoms with Gasteiger partial charge in [0.15, 0.2) is 0 Å². The fourth-order valence-corrected chi connectivity index (χ4v) is 4.73. The molecule has 1 nitrogen and oxygen atoms in total. The Morgan fingerprint density at radius 3 is 1.88 bits per heavy atom. The average Bonchev–Trinajstić information content (AvgIpc) is 3.25. The topological polar surface area (TPSA) is 14.1 Å². The third kappa shape index (κ3) is 5.50. The molecule has 4 heteroatoms. The van der Waals surface area contributed by atoms with E-state index in [2.05, 4.69) is 111 Å². The van der Waals surface area contributed by atoms with E-state index < -0.39 is 17.0 Å². The van der Waals surface area contributed by atoms with Crippen LogP contribution in [0.3, 0.4) is 0 Å². The van der Waals surface area contributed by atoms with Gasteiger partial charge in [0.1, 0.15) is 0 Å². The summed E-state index contributed by atoms with van der Waals surface area (Å²) in [6.07, 6.45) is 2.35. The third-order valence-electron chi connectivity index (χ3n) is 6.13. The number of nitrogens with zero attached hydrogens (tertiary/aromatic N) is 1. The van der Waals surface area contributed by atoms with Gasteiger partial charge in [0.05, 0.1) is 0 Å². The molecular weight excluding hydrogens is 493 g/mol. The van der Waals surface area contributed by atoms with Gasteiger partial charge in [-0.2, -0.15) is 0 Å². The molecule has 0 N–H and O–H groups in total. The first kappa shape index (κ1) is 24.8. The molecule has 0 fully saturated rings. The van der Waals surface area contributed by atoms with Crippen molar-refractivity contribution < 1.29 is 17.0 Å². The maximum absolute atomic E-state index is 5.13. The number of hydrogen-bond acceptors (Lipinski definition) is 0. The summed E-state index contributed by atoms with van der Waals surface area (Å²) in [6, 6.07) is 38.6. The number of allylic oxidation sites excluding steroid dienone is 1. The van der Waals surface area contributed by atoms with Gasteiger partial charge in [0.25, 0.3) is 0 Å². The second-order valence-corrected chi connectivity index (χ2v) is 11.3. The van der Waals surface area contributed by atoms with Crippen LogP contribution < -0.4 is 0 Å². The Labute approximate surface area is 219 Å². The van der Waals surface area contributed by atoms with Gasteiger partial charge in [0, 0.05) is 5.92 Å². The second kappa shape index (κ2) is 11.4. The Balaban J connectivity index is 0.000000868. The van der Waals surface area contributed by atoms with Gasteiger partial charge < -0.3 is 5.32 Å². The van der Waals surface area contributed by atoms with Crippen LogP contribution in [0.4, 0.5) is 5.69 Å². The van der Waals surface area contributed by atoms with E-state index in [-0.39, 0.29) is 11.5 Å². The van der Waals surface area contributed by atoms with Crippen molar-refractivity contribution in [2.75, 3.05) is 0 Å². The number of benzene rings is 4. The molecule has 0 heterocycles. The summed E-state index contributed by atoms with van der Waals surface area (Å²) >= 11 is -0.556. The van der Waals surface area contributed by atoms with E-state index in [0.29, 0.717) is 0 Å². The Morgan fingerprint density at radius 1 is 0.676 bits per heavy atom. The van der Waals surface area contributed by atoms with Crippen LogP contribution in [-0.2, 0) is 22.6 Å². The van der Waals surface area contributed by atoms with Crippen molar-refractivity contribution in [1.82, 2.24) is 0 Å². The Morgan fingerprint density at radius 2 is 1.21 bits per heavy atom. The van der Waals surface area contributed by atoms with Crippen LogP contribution in [0.5, 0.6) is 0 Å². The molecule has 1 atom stereocenters. The summed E-state index contributed by atoms with van der Waals surface area (Å²) in [4.78, 5) is 0. The Hall–Kier alpha value is -2.29. The Kier molecular flexibility index (Phi) is 8.34. The van der Waals surface area contributed by atoms with Crippen molar-refractivity contribution in [3.63, 3.8) is 0 Å². The molecule has 5 rings (SSSR count). The summed E-state index contributed by atoms with van der Waals surface area (Å²) in [7, 11) is 9.78. The summed E-state index contributed by atoms with van der Waals surface area (Å²) in [5.41, 5.74) is 8.55. The molecule has 0 saturated heterocycles. The van der Waals surface area contributed by atoms with Gasteiger partial charge in [-0.25, -0.2) is 0 Å². The van der Waals surface area contributed by atoms with Crippen molar-refractivity contribution in [3.05, 3.63) is 142 Å². The maximum atomic E-state index is 5.13. The fraction of sp³-hybridized carbons (Fsp3) is 0.133. The fourth-order valence-electron chi connectivity index (χ4n) is 4.73. The molecule has 1 aliphatic carbocycles. The van der Waals surface area contributed by atoms with Gasteiger partial charge in [0.2, 0.25) is 0 Å². The predicted molar refractivity (Wildman–Crippen MR) is 143 cm³/mol. The molecule has 34 heavy (non-hydrogen) atoms. The minimum atomic E-state index is -0.556. The molecule has 0 amide bonds. The molecule has 0 aliphatic heterocycles. The van der Waals surface area contributed by atoms with E-state index in [4.69, 9.17) is 23.9 Å². The summed E-state index contributed by atoms with van der Waals surface area (Å²) in [5, 5.41) is 5.13. The van der Waals surface area contributed by atoms with Crippen LogP contribution in [0.25, 0.3) is 17.0 Å². The molecular formula is C30H26Cl2NTi-. The zero-order valence-electron chi connectivity index (χ0n) is 19.3. The monoisotopic (exact) mass is 518 g/mol.